The van der Waals surface area contributed by atoms with Gasteiger partial charge < -0.3 is 20.3 Å². The number of amides is 5. The van der Waals surface area contributed by atoms with Gasteiger partial charge in [-0.25, -0.2) is 4.79 Å². The van der Waals surface area contributed by atoms with E-state index in [1.807, 2.05) is 0 Å². The number of carbonyl (C=O) groups excluding carboxylic acids is 4. The second-order valence-electron chi connectivity index (χ2n) is 7.51. The number of nitrogens with one attached hydrogen (secondary N) is 2. The van der Waals surface area contributed by atoms with Gasteiger partial charge in [0.2, 0.25) is 11.8 Å². The molecular formula is C20H24N4O5. The van der Waals surface area contributed by atoms with Gasteiger partial charge in [0.25, 0.3) is 5.91 Å². The number of fused-ring (bicyclic) bond motifs is 2. The molecule has 2 N–H and O–H groups in total. The molecule has 9 heteroatoms. The zero-order valence-corrected chi connectivity index (χ0v) is 16.1. The normalized spacial score (nSPS) is 23.2. The van der Waals surface area contributed by atoms with Crippen LogP contribution in [0.25, 0.3) is 0 Å². The fraction of sp³-hybridized carbons (Fsp3) is 0.500. The van der Waals surface area contributed by atoms with E-state index in [9.17, 15) is 19.2 Å². The Morgan fingerprint density at radius 1 is 1.24 bits per heavy atom. The van der Waals surface area contributed by atoms with Gasteiger partial charge in [-0.1, -0.05) is 18.2 Å². The number of rotatable bonds is 6. The van der Waals surface area contributed by atoms with Gasteiger partial charge in [-0.05, 0) is 18.9 Å². The van der Waals surface area contributed by atoms with Crippen LogP contribution < -0.4 is 15.4 Å². The number of nitrogens with zero attached hydrogens (tertiary/aromatic N) is 2. The van der Waals surface area contributed by atoms with Gasteiger partial charge in [0.1, 0.15) is 12.3 Å². The quantitative estimate of drug-likeness (QED) is 0.529. The Bertz CT molecular complexity index is 857. The van der Waals surface area contributed by atoms with Gasteiger partial charge in [0.05, 0.1) is 6.61 Å². The monoisotopic (exact) mass is 400 g/mol. The van der Waals surface area contributed by atoms with E-state index in [0.717, 1.165) is 17.9 Å². The van der Waals surface area contributed by atoms with Gasteiger partial charge in [-0.15, -0.1) is 0 Å². The highest BCUT2D eigenvalue weighted by Crippen LogP contribution is 2.40. The van der Waals surface area contributed by atoms with Crippen molar-refractivity contribution in [1.29, 1.82) is 0 Å². The Morgan fingerprint density at radius 3 is 2.86 bits per heavy atom. The highest BCUT2D eigenvalue weighted by atomic mass is 16.5. The molecule has 9 nitrogen and oxygen atoms in total. The van der Waals surface area contributed by atoms with Crippen LogP contribution in [0.15, 0.2) is 24.3 Å². The minimum absolute atomic E-state index is 0.151. The van der Waals surface area contributed by atoms with Gasteiger partial charge in [0.15, 0.2) is 5.54 Å². The van der Waals surface area contributed by atoms with Crippen molar-refractivity contribution in [3.05, 3.63) is 29.8 Å². The summed E-state index contributed by atoms with van der Waals surface area (Å²) in [6.07, 6.45) is 2.42. The fourth-order valence-electron chi connectivity index (χ4n) is 4.15. The van der Waals surface area contributed by atoms with E-state index in [1.54, 1.807) is 29.2 Å². The summed E-state index contributed by atoms with van der Waals surface area (Å²) in [7, 11) is 0. The molecule has 4 rings (SSSR count). The molecule has 0 aliphatic carbocycles. The fourth-order valence-corrected chi connectivity index (χ4v) is 4.15. The summed E-state index contributed by atoms with van der Waals surface area (Å²) in [5, 5.41) is 5.50. The standard InChI is InChI=1S/C20H24N4O5/c25-16(21-9-4-11-23-10-3-7-17(23)26)13-24-18(27)20(22-19(24)28)8-12-29-15-6-2-1-5-14(15)20/h1-2,5-6H,3-4,7-13H2,(H,21,25)(H,22,28)/t20-/m1/s1. The molecule has 0 bridgehead atoms. The minimum Gasteiger partial charge on any atom is -0.493 e. The number of likely N-dealkylation sites (tertiary alicyclic amines) is 1. The topological polar surface area (TPSA) is 108 Å². The third-order valence-electron chi connectivity index (χ3n) is 5.66. The average Bonchev–Trinajstić information content (AvgIpc) is 3.22. The predicted molar refractivity (Wildman–Crippen MR) is 102 cm³/mol. The van der Waals surface area contributed by atoms with E-state index in [-0.39, 0.29) is 12.5 Å². The van der Waals surface area contributed by atoms with Crippen LogP contribution in [0.1, 0.15) is 31.2 Å². The van der Waals surface area contributed by atoms with Gasteiger partial charge >= 0.3 is 6.03 Å². The number of ether oxygens (including phenoxy) is 1. The van der Waals surface area contributed by atoms with E-state index in [1.165, 1.54) is 0 Å². The van der Waals surface area contributed by atoms with Crippen molar-refractivity contribution in [3.8, 4) is 5.75 Å². The third-order valence-corrected chi connectivity index (χ3v) is 5.66. The van der Waals surface area contributed by atoms with E-state index in [2.05, 4.69) is 10.6 Å². The predicted octanol–water partition coefficient (Wildman–Crippen LogP) is 0.345. The first-order chi connectivity index (χ1) is 14.0. The van der Waals surface area contributed by atoms with Crippen molar-refractivity contribution in [3.63, 3.8) is 0 Å². The second-order valence-corrected chi connectivity index (χ2v) is 7.51. The summed E-state index contributed by atoms with van der Waals surface area (Å²) < 4.78 is 5.60. The lowest BCUT2D eigenvalue weighted by Gasteiger charge is -2.33. The van der Waals surface area contributed by atoms with E-state index < -0.39 is 23.4 Å². The van der Waals surface area contributed by atoms with Crippen LogP contribution in [0.3, 0.4) is 0 Å². The number of hydrogen-bond donors (Lipinski definition) is 2. The lowest BCUT2D eigenvalue weighted by molar-refractivity contribution is -0.136. The molecule has 5 amide bonds. The first-order valence-electron chi connectivity index (χ1n) is 9.92. The molecular weight excluding hydrogens is 376 g/mol. The maximum atomic E-state index is 13.1. The van der Waals surface area contributed by atoms with Gasteiger partial charge in [0, 0.05) is 38.0 Å². The molecule has 29 heavy (non-hydrogen) atoms. The molecule has 0 radical (unpaired) electrons. The lowest BCUT2D eigenvalue weighted by atomic mass is 9.84. The summed E-state index contributed by atoms with van der Waals surface area (Å²) in [4.78, 5) is 52.2. The van der Waals surface area contributed by atoms with Crippen LogP contribution in [0.5, 0.6) is 5.75 Å². The molecule has 2 saturated heterocycles. The zero-order valence-electron chi connectivity index (χ0n) is 16.1. The van der Waals surface area contributed by atoms with Gasteiger partial charge in [-0.2, -0.15) is 0 Å². The number of imide groups is 1. The Morgan fingerprint density at radius 2 is 2.07 bits per heavy atom. The Labute approximate surface area is 168 Å². The van der Waals surface area contributed by atoms with Gasteiger partial charge in [-0.3, -0.25) is 19.3 Å². The lowest BCUT2D eigenvalue weighted by Crippen LogP contribution is -2.48. The van der Waals surface area contributed by atoms with Crippen molar-refractivity contribution in [1.82, 2.24) is 20.4 Å². The molecule has 3 aliphatic rings. The van der Waals surface area contributed by atoms with Crippen molar-refractivity contribution >= 4 is 23.8 Å². The van der Waals surface area contributed by atoms with Crippen LogP contribution in [-0.2, 0) is 19.9 Å². The summed E-state index contributed by atoms with van der Waals surface area (Å²) >= 11 is 0. The molecule has 3 heterocycles. The molecule has 0 unspecified atom stereocenters. The van der Waals surface area contributed by atoms with E-state index >= 15 is 0 Å². The van der Waals surface area contributed by atoms with Crippen LogP contribution in [0.2, 0.25) is 0 Å². The zero-order chi connectivity index (χ0) is 20.4. The molecule has 0 aromatic heterocycles. The number of urea groups is 1. The third kappa shape index (κ3) is 3.52. The second kappa shape index (κ2) is 7.73. The maximum Gasteiger partial charge on any atom is 0.325 e. The van der Waals surface area contributed by atoms with Crippen LogP contribution in [-0.4, -0.2) is 66.3 Å². The van der Waals surface area contributed by atoms with Crippen LogP contribution in [0.4, 0.5) is 4.79 Å². The highest BCUT2D eigenvalue weighted by molar-refractivity contribution is 6.09. The molecule has 154 valence electrons. The average molecular weight is 400 g/mol. The summed E-state index contributed by atoms with van der Waals surface area (Å²) in [5.74, 6) is -0.123. The maximum absolute atomic E-state index is 13.1. The summed E-state index contributed by atoms with van der Waals surface area (Å²) in [5.41, 5.74) is -0.565. The van der Waals surface area contributed by atoms with Crippen molar-refractivity contribution < 1.29 is 23.9 Å². The molecule has 0 saturated carbocycles. The van der Waals surface area contributed by atoms with Crippen molar-refractivity contribution in [2.45, 2.75) is 31.2 Å². The Balaban J connectivity index is 1.34. The molecule has 1 aromatic carbocycles. The molecule has 2 fully saturated rings. The van der Waals surface area contributed by atoms with Crippen molar-refractivity contribution in [2.75, 3.05) is 32.8 Å². The molecule has 1 spiro atoms. The number of para-hydroxylation sites is 1. The Hall–Kier alpha value is -3.10. The first-order valence-corrected chi connectivity index (χ1v) is 9.92. The highest BCUT2D eigenvalue weighted by Gasteiger charge is 2.55. The first kappa shape index (κ1) is 19.2. The minimum atomic E-state index is -1.18. The van der Waals surface area contributed by atoms with Crippen molar-refractivity contribution in [2.24, 2.45) is 0 Å². The molecule has 1 atom stereocenters. The molecule has 1 aromatic rings. The smallest absolute Gasteiger partial charge is 0.325 e. The van der Waals surface area contributed by atoms with E-state index in [4.69, 9.17) is 4.74 Å². The molecule has 3 aliphatic heterocycles. The SMILES string of the molecule is O=C(CN1C(=O)N[C@@]2(CCOc3ccccc32)C1=O)NCCCN1CCCC1=O. The number of carbonyl (C=O) groups is 4. The van der Waals surface area contributed by atoms with E-state index in [0.29, 0.717) is 50.3 Å². The summed E-state index contributed by atoms with van der Waals surface area (Å²) in [6.45, 7) is 1.72. The number of hydrogen-bond acceptors (Lipinski definition) is 5. The van der Waals surface area contributed by atoms with Crippen LogP contribution in [0, 0.1) is 0 Å². The number of benzene rings is 1. The summed E-state index contributed by atoms with van der Waals surface area (Å²) in [6, 6.07) is 6.53. The Kier molecular flexibility index (Phi) is 5.12. The largest absolute Gasteiger partial charge is 0.493 e. The van der Waals surface area contributed by atoms with Crippen LogP contribution >= 0.6 is 0 Å².